The zero-order chi connectivity index (χ0) is 15.0. The number of methoxy groups -OCH3 is 2. The SMILES string of the molecule is COC(=O)C1=C(C(=O)OC)SC(=C2SC3=C(SCS3)S2)S1. The fourth-order valence-electron chi connectivity index (χ4n) is 1.51. The number of carbonyl (C=O) groups excluding carboxylic acids is 2. The molecule has 0 N–H and O–H groups in total. The molecule has 0 saturated heterocycles. The second-order valence-corrected chi connectivity index (χ2v) is 11.1. The maximum Gasteiger partial charge on any atom is 0.346 e. The molecule has 112 valence electrons. The molecule has 3 heterocycles. The molecule has 0 bridgehead atoms. The Balaban J connectivity index is 1.84. The molecule has 0 saturated carbocycles. The maximum atomic E-state index is 11.8. The summed E-state index contributed by atoms with van der Waals surface area (Å²) in [6.45, 7) is 0. The maximum absolute atomic E-state index is 11.8. The molecule has 0 unspecified atom stereocenters. The molecule has 0 atom stereocenters. The molecule has 21 heavy (non-hydrogen) atoms. The van der Waals surface area contributed by atoms with Crippen LogP contribution >= 0.6 is 70.6 Å². The van der Waals surface area contributed by atoms with E-state index in [1.807, 2.05) is 23.5 Å². The number of hydrogen-bond acceptors (Lipinski definition) is 10. The molecule has 3 rings (SSSR count). The Kier molecular flexibility index (Phi) is 5.22. The Bertz CT molecular complexity index is 572. The highest BCUT2D eigenvalue weighted by Gasteiger charge is 2.37. The number of ether oxygens (including phenoxy) is 2. The van der Waals surface area contributed by atoms with Crippen LogP contribution in [0.5, 0.6) is 0 Å². The van der Waals surface area contributed by atoms with Gasteiger partial charge in [-0.2, -0.15) is 0 Å². The summed E-state index contributed by atoms with van der Waals surface area (Å²) in [5.74, 6) is -0.999. The van der Waals surface area contributed by atoms with Crippen molar-refractivity contribution >= 4 is 82.5 Å². The van der Waals surface area contributed by atoms with Crippen LogP contribution in [0.15, 0.2) is 26.8 Å². The Morgan fingerprint density at radius 2 is 1.19 bits per heavy atom. The van der Waals surface area contributed by atoms with E-state index in [0.717, 1.165) is 13.6 Å². The van der Waals surface area contributed by atoms with Crippen LogP contribution in [0.2, 0.25) is 0 Å². The number of thioether (sulfide) groups is 6. The van der Waals surface area contributed by atoms with Gasteiger partial charge in [0.25, 0.3) is 0 Å². The van der Waals surface area contributed by atoms with Crippen molar-refractivity contribution in [2.24, 2.45) is 0 Å². The summed E-state index contributed by atoms with van der Waals surface area (Å²) in [6, 6.07) is 0. The van der Waals surface area contributed by atoms with Crippen LogP contribution in [0.3, 0.4) is 0 Å². The van der Waals surface area contributed by atoms with Gasteiger partial charge in [-0.25, -0.2) is 9.59 Å². The molecule has 4 nitrogen and oxygen atoms in total. The van der Waals surface area contributed by atoms with E-state index in [2.05, 4.69) is 0 Å². The Labute approximate surface area is 147 Å². The van der Waals surface area contributed by atoms with Crippen molar-refractivity contribution < 1.29 is 19.1 Å². The van der Waals surface area contributed by atoms with Gasteiger partial charge < -0.3 is 9.47 Å². The number of carbonyl (C=O) groups is 2. The Morgan fingerprint density at radius 1 is 0.762 bits per heavy atom. The van der Waals surface area contributed by atoms with Crippen molar-refractivity contribution in [1.82, 2.24) is 0 Å². The van der Waals surface area contributed by atoms with Gasteiger partial charge in [0.05, 0.1) is 31.2 Å². The molecular weight excluding hydrogens is 389 g/mol. The van der Waals surface area contributed by atoms with Crippen molar-refractivity contribution in [2.45, 2.75) is 0 Å². The standard InChI is InChI=1S/C11H8O4S6/c1-14-6(12)4-5(7(13)15-2)19-10(18-4)11-20-8-9(21-11)17-3-16-8/h3H2,1-2H3. The summed E-state index contributed by atoms with van der Waals surface area (Å²) < 4.78 is 14.2. The lowest BCUT2D eigenvalue weighted by Crippen LogP contribution is -2.08. The first-order chi connectivity index (χ1) is 10.1. The normalized spacial score (nSPS) is 21.2. The summed E-state index contributed by atoms with van der Waals surface area (Å²) in [6.07, 6.45) is 0. The first kappa shape index (κ1) is 16.1. The fraction of sp³-hybridized carbons (Fsp3) is 0.273. The van der Waals surface area contributed by atoms with Crippen LogP contribution in [0.4, 0.5) is 0 Å². The predicted octanol–water partition coefficient (Wildman–Crippen LogP) is 4.19. The van der Waals surface area contributed by atoms with Crippen LogP contribution in [0.25, 0.3) is 0 Å². The van der Waals surface area contributed by atoms with Crippen molar-refractivity contribution in [3.8, 4) is 0 Å². The van der Waals surface area contributed by atoms with Crippen molar-refractivity contribution in [1.29, 1.82) is 0 Å². The smallest absolute Gasteiger partial charge is 0.346 e. The molecule has 0 radical (unpaired) electrons. The van der Waals surface area contributed by atoms with Gasteiger partial charge >= 0.3 is 11.9 Å². The molecule has 0 aromatic carbocycles. The van der Waals surface area contributed by atoms with Gasteiger partial charge in [-0.15, -0.1) is 23.5 Å². The van der Waals surface area contributed by atoms with Gasteiger partial charge in [-0.3, -0.25) is 0 Å². The lowest BCUT2D eigenvalue weighted by molar-refractivity contribution is -0.138. The summed E-state index contributed by atoms with van der Waals surface area (Å²) >= 11 is 9.68. The van der Waals surface area contributed by atoms with Crippen molar-refractivity contribution in [2.75, 3.05) is 19.3 Å². The zero-order valence-electron chi connectivity index (χ0n) is 10.8. The van der Waals surface area contributed by atoms with Gasteiger partial charge in [0.2, 0.25) is 0 Å². The van der Waals surface area contributed by atoms with E-state index < -0.39 is 11.9 Å². The monoisotopic (exact) mass is 396 g/mol. The lowest BCUT2D eigenvalue weighted by atomic mass is 10.5. The third-order valence-electron chi connectivity index (χ3n) is 2.42. The highest BCUT2D eigenvalue weighted by molar-refractivity contribution is 8.46. The van der Waals surface area contributed by atoms with E-state index in [-0.39, 0.29) is 0 Å². The fourth-order valence-corrected chi connectivity index (χ4v) is 10.7. The minimum Gasteiger partial charge on any atom is -0.465 e. The summed E-state index contributed by atoms with van der Waals surface area (Å²) in [7, 11) is 2.62. The second-order valence-electron chi connectivity index (χ2n) is 3.61. The number of rotatable bonds is 2. The molecule has 0 aromatic heterocycles. The van der Waals surface area contributed by atoms with E-state index in [9.17, 15) is 9.59 Å². The number of esters is 2. The topological polar surface area (TPSA) is 52.6 Å². The molecule has 10 heteroatoms. The van der Waals surface area contributed by atoms with Gasteiger partial charge in [-0.1, -0.05) is 47.0 Å². The van der Waals surface area contributed by atoms with Crippen molar-refractivity contribution in [3.63, 3.8) is 0 Å². The molecule has 3 aliphatic rings. The van der Waals surface area contributed by atoms with E-state index in [1.165, 1.54) is 46.2 Å². The predicted molar refractivity (Wildman–Crippen MR) is 95.5 cm³/mol. The van der Waals surface area contributed by atoms with E-state index >= 15 is 0 Å². The zero-order valence-corrected chi connectivity index (χ0v) is 15.7. The number of hydrogen-bond donors (Lipinski definition) is 0. The van der Waals surface area contributed by atoms with Crippen LogP contribution in [0, 0.1) is 0 Å². The average molecular weight is 397 g/mol. The van der Waals surface area contributed by atoms with Gasteiger partial charge in [0, 0.05) is 5.08 Å². The van der Waals surface area contributed by atoms with E-state index in [1.54, 1.807) is 23.5 Å². The highest BCUT2D eigenvalue weighted by atomic mass is 32.3. The summed E-state index contributed by atoms with van der Waals surface area (Å²) in [5, 5.41) is 1.06. The van der Waals surface area contributed by atoms with Crippen molar-refractivity contribution in [3.05, 3.63) is 26.8 Å². The molecular formula is C11H8O4S6. The summed E-state index contributed by atoms with van der Waals surface area (Å²) in [5.41, 5.74) is 0. The Hall–Kier alpha value is 0.260. The highest BCUT2D eigenvalue weighted by Crippen LogP contribution is 2.66. The first-order valence-corrected chi connectivity index (χ1v) is 10.7. The molecule has 0 fully saturated rings. The quantitative estimate of drug-likeness (QED) is 0.635. The molecule has 0 aromatic rings. The van der Waals surface area contributed by atoms with E-state index in [0.29, 0.717) is 9.81 Å². The third kappa shape index (κ3) is 3.16. The molecule has 3 aliphatic heterocycles. The van der Waals surface area contributed by atoms with Crippen LogP contribution in [-0.2, 0) is 19.1 Å². The van der Waals surface area contributed by atoms with Crippen LogP contribution in [0.1, 0.15) is 0 Å². The second kappa shape index (κ2) is 6.79. The minimum absolute atomic E-state index is 0.311. The Morgan fingerprint density at radius 3 is 1.62 bits per heavy atom. The van der Waals surface area contributed by atoms with Crippen LogP contribution < -0.4 is 0 Å². The summed E-state index contributed by atoms with van der Waals surface area (Å²) in [4.78, 5) is 24.3. The first-order valence-electron chi connectivity index (χ1n) is 5.50. The van der Waals surface area contributed by atoms with Gasteiger partial charge in [-0.05, 0) is 0 Å². The minimum atomic E-state index is -0.499. The lowest BCUT2D eigenvalue weighted by Gasteiger charge is -2.03. The average Bonchev–Trinajstić information content (AvgIpc) is 3.17. The third-order valence-corrected chi connectivity index (χ3v) is 11.2. The van der Waals surface area contributed by atoms with Crippen LogP contribution in [-0.4, -0.2) is 31.2 Å². The largest absolute Gasteiger partial charge is 0.465 e. The van der Waals surface area contributed by atoms with E-state index in [4.69, 9.17) is 9.47 Å². The molecule has 0 spiro atoms. The van der Waals surface area contributed by atoms with Gasteiger partial charge in [0.15, 0.2) is 0 Å². The van der Waals surface area contributed by atoms with Gasteiger partial charge in [0.1, 0.15) is 9.81 Å². The molecule has 0 aliphatic carbocycles. The molecule has 0 amide bonds.